The second kappa shape index (κ2) is 6.39. The van der Waals surface area contributed by atoms with Gasteiger partial charge < -0.3 is 15.3 Å². The van der Waals surface area contributed by atoms with Crippen LogP contribution in [0.1, 0.15) is 18.4 Å². The number of nitriles is 1. The first kappa shape index (κ1) is 12.9. The van der Waals surface area contributed by atoms with Gasteiger partial charge in [0.2, 0.25) is 0 Å². The van der Waals surface area contributed by atoms with Gasteiger partial charge in [0.15, 0.2) is 0 Å². The first-order valence-corrected chi connectivity index (χ1v) is 6.43. The fraction of sp³-hybridized carbons (Fsp3) is 0.500. The summed E-state index contributed by atoms with van der Waals surface area (Å²) in [5, 5.41) is 21.6. The lowest BCUT2D eigenvalue weighted by Gasteiger charge is -2.27. The second-order valence-electron chi connectivity index (χ2n) is 4.63. The van der Waals surface area contributed by atoms with Crippen LogP contribution in [-0.2, 0) is 0 Å². The lowest BCUT2D eigenvalue weighted by atomic mass is 10.1. The van der Waals surface area contributed by atoms with Crippen LogP contribution in [0.2, 0.25) is 0 Å². The van der Waals surface area contributed by atoms with E-state index in [9.17, 15) is 5.11 Å². The third kappa shape index (κ3) is 3.22. The average molecular weight is 245 g/mol. The van der Waals surface area contributed by atoms with E-state index in [1.807, 2.05) is 18.2 Å². The van der Waals surface area contributed by atoms with Crippen molar-refractivity contribution in [2.75, 3.05) is 31.1 Å². The Bertz CT molecular complexity index is 421. The molecule has 0 amide bonds. The van der Waals surface area contributed by atoms with Gasteiger partial charge in [0, 0.05) is 24.8 Å². The van der Waals surface area contributed by atoms with Crippen molar-refractivity contribution in [2.24, 2.45) is 0 Å². The average Bonchev–Trinajstić information content (AvgIpc) is 2.91. The highest BCUT2D eigenvalue weighted by atomic mass is 16.3. The zero-order valence-corrected chi connectivity index (χ0v) is 10.5. The molecular weight excluding hydrogens is 226 g/mol. The van der Waals surface area contributed by atoms with Gasteiger partial charge in [0.1, 0.15) is 0 Å². The summed E-state index contributed by atoms with van der Waals surface area (Å²) in [5.41, 5.74) is 1.67. The van der Waals surface area contributed by atoms with Gasteiger partial charge in [-0.3, -0.25) is 0 Å². The third-order valence-corrected chi connectivity index (χ3v) is 3.31. The van der Waals surface area contributed by atoms with Crippen molar-refractivity contribution in [3.8, 4) is 6.07 Å². The monoisotopic (exact) mass is 245 g/mol. The zero-order chi connectivity index (χ0) is 12.8. The highest BCUT2D eigenvalue weighted by Crippen LogP contribution is 2.18. The molecule has 1 heterocycles. The van der Waals surface area contributed by atoms with Crippen molar-refractivity contribution in [2.45, 2.75) is 18.9 Å². The largest absolute Gasteiger partial charge is 0.395 e. The van der Waals surface area contributed by atoms with Crippen molar-refractivity contribution in [3.05, 3.63) is 29.8 Å². The Morgan fingerprint density at radius 3 is 3.06 bits per heavy atom. The lowest BCUT2D eigenvalue weighted by Crippen LogP contribution is -2.39. The van der Waals surface area contributed by atoms with Crippen LogP contribution in [0.15, 0.2) is 24.3 Å². The molecule has 1 saturated heterocycles. The number of aliphatic hydroxyl groups excluding tert-OH is 1. The fourth-order valence-corrected chi connectivity index (χ4v) is 2.40. The molecule has 96 valence electrons. The number of nitrogens with one attached hydrogen (secondary N) is 1. The van der Waals surface area contributed by atoms with E-state index in [4.69, 9.17) is 5.26 Å². The molecule has 0 aliphatic carbocycles. The molecule has 4 heteroatoms. The van der Waals surface area contributed by atoms with Gasteiger partial charge in [-0.2, -0.15) is 5.26 Å². The number of benzene rings is 1. The van der Waals surface area contributed by atoms with Crippen LogP contribution in [0, 0.1) is 11.3 Å². The third-order valence-electron chi connectivity index (χ3n) is 3.31. The van der Waals surface area contributed by atoms with Gasteiger partial charge in [-0.15, -0.1) is 0 Å². The molecule has 0 saturated carbocycles. The van der Waals surface area contributed by atoms with Crippen LogP contribution in [0.5, 0.6) is 0 Å². The Morgan fingerprint density at radius 1 is 1.50 bits per heavy atom. The van der Waals surface area contributed by atoms with Gasteiger partial charge in [0.25, 0.3) is 0 Å². The van der Waals surface area contributed by atoms with Gasteiger partial charge in [-0.05, 0) is 37.6 Å². The number of aliphatic hydroxyl groups is 1. The number of hydrogen-bond acceptors (Lipinski definition) is 4. The Labute approximate surface area is 108 Å². The Morgan fingerprint density at radius 2 is 2.39 bits per heavy atom. The van der Waals surface area contributed by atoms with E-state index in [0.717, 1.165) is 18.8 Å². The number of rotatable bonds is 5. The van der Waals surface area contributed by atoms with E-state index >= 15 is 0 Å². The first-order valence-electron chi connectivity index (χ1n) is 6.43. The molecule has 2 N–H and O–H groups in total. The highest BCUT2D eigenvalue weighted by molar-refractivity contribution is 5.51. The molecule has 1 atom stereocenters. The van der Waals surface area contributed by atoms with E-state index < -0.39 is 0 Å². The van der Waals surface area contributed by atoms with Crippen LogP contribution < -0.4 is 10.2 Å². The standard InChI is InChI=1S/C14H19N3O/c15-10-12-3-1-5-14(9-12)17(7-8-18)11-13-4-2-6-16-13/h1,3,5,9,13,16,18H,2,4,6-8,11H2. The molecule has 1 aromatic carbocycles. The van der Waals surface area contributed by atoms with Crippen LogP contribution in [0.3, 0.4) is 0 Å². The molecule has 2 rings (SSSR count). The van der Waals surface area contributed by atoms with Crippen LogP contribution >= 0.6 is 0 Å². The Balaban J connectivity index is 2.09. The predicted octanol–water partition coefficient (Wildman–Crippen LogP) is 1.11. The maximum absolute atomic E-state index is 9.17. The number of nitrogens with zero attached hydrogens (tertiary/aromatic N) is 2. The summed E-state index contributed by atoms with van der Waals surface area (Å²) in [5.74, 6) is 0. The van der Waals surface area contributed by atoms with Crippen LogP contribution in [0.25, 0.3) is 0 Å². The minimum absolute atomic E-state index is 0.128. The van der Waals surface area contributed by atoms with E-state index in [1.54, 1.807) is 6.07 Å². The zero-order valence-electron chi connectivity index (χ0n) is 10.5. The maximum atomic E-state index is 9.17. The molecule has 1 aliphatic heterocycles. The first-order chi connectivity index (χ1) is 8.83. The highest BCUT2D eigenvalue weighted by Gasteiger charge is 2.18. The summed E-state index contributed by atoms with van der Waals surface area (Å²) in [7, 11) is 0. The summed E-state index contributed by atoms with van der Waals surface area (Å²) in [4.78, 5) is 2.14. The molecule has 4 nitrogen and oxygen atoms in total. The van der Waals surface area contributed by atoms with E-state index in [-0.39, 0.29) is 6.61 Å². The van der Waals surface area contributed by atoms with E-state index in [0.29, 0.717) is 18.2 Å². The summed E-state index contributed by atoms with van der Waals surface area (Å²) in [6.07, 6.45) is 2.40. The molecule has 1 aromatic rings. The van der Waals surface area contributed by atoms with Crippen molar-refractivity contribution in [3.63, 3.8) is 0 Å². The second-order valence-corrected chi connectivity index (χ2v) is 4.63. The SMILES string of the molecule is N#Cc1cccc(N(CCO)CC2CCCN2)c1. The summed E-state index contributed by atoms with van der Waals surface area (Å²) >= 11 is 0. The lowest BCUT2D eigenvalue weighted by molar-refractivity contribution is 0.300. The van der Waals surface area contributed by atoms with Gasteiger partial charge >= 0.3 is 0 Å². The number of hydrogen-bond donors (Lipinski definition) is 2. The van der Waals surface area contributed by atoms with Crippen molar-refractivity contribution in [1.82, 2.24) is 5.32 Å². The molecular formula is C14H19N3O. The quantitative estimate of drug-likeness (QED) is 0.816. The molecule has 1 unspecified atom stereocenters. The normalized spacial score (nSPS) is 18.6. The van der Waals surface area contributed by atoms with Gasteiger partial charge in [-0.25, -0.2) is 0 Å². The molecule has 0 radical (unpaired) electrons. The Hall–Kier alpha value is -1.57. The van der Waals surface area contributed by atoms with Crippen molar-refractivity contribution in [1.29, 1.82) is 5.26 Å². The topological polar surface area (TPSA) is 59.3 Å². The summed E-state index contributed by atoms with van der Waals surface area (Å²) in [6.45, 7) is 2.70. The molecule has 1 fully saturated rings. The molecule has 0 aromatic heterocycles. The predicted molar refractivity (Wildman–Crippen MR) is 71.5 cm³/mol. The number of anilines is 1. The molecule has 1 aliphatic rings. The van der Waals surface area contributed by atoms with Crippen molar-refractivity contribution < 1.29 is 5.11 Å². The fourth-order valence-electron chi connectivity index (χ4n) is 2.40. The summed E-state index contributed by atoms with van der Waals surface area (Å²) in [6, 6.07) is 10.2. The van der Waals surface area contributed by atoms with Gasteiger partial charge in [-0.1, -0.05) is 6.07 Å². The molecule has 0 spiro atoms. The van der Waals surface area contributed by atoms with Crippen LogP contribution in [0.4, 0.5) is 5.69 Å². The van der Waals surface area contributed by atoms with E-state index in [2.05, 4.69) is 16.3 Å². The molecule has 0 bridgehead atoms. The molecule has 18 heavy (non-hydrogen) atoms. The maximum Gasteiger partial charge on any atom is 0.0992 e. The van der Waals surface area contributed by atoms with Gasteiger partial charge in [0.05, 0.1) is 18.2 Å². The van der Waals surface area contributed by atoms with Crippen LogP contribution in [-0.4, -0.2) is 37.4 Å². The smallest absolute Gasteiger partial charge is 0.0992 e. The Kier molecular flexibility index (Phi) is 4.57. The van der Waals surface area contributed by atoms with Crippen molar-refractivity contribution >= 4 is 5.69 Å². The van der Waals surface area contributed by atoms with E-state index in [1.165, 1.54) is 12.8 Å². The minimum Gasteiger partial charge on any atom is -0.395 e. The summed E-state index contributed by atoms with van der Waals surface area (Å²) < 4.78 is 0. The minimum atomic E-state index is 0.128.